The number of guanidine groups is 1. The van der Waals surface area contributed by atoms with Crippen LogP contribution in [0.1, 0.15) is 32.4 Å². The SMILES string of the molecule is CCN(CC)C(CNC(=NC)NCCS(=O)(=O)CC)c1ccccc1Cl.I. The zero-order valence-electron chi connectivity index (χ0n) is 16.5. The molecule has 156 valence electrons. The van der Waals surface area contributed by atoms with Crippen LogP contribution in [0.2, 0.25) is 5.02 Å². The average Bonchev–Trinajstić information content (AvgIpc) is 2.64. The third-order valence-electron chi connectivity index (χ3n) is 4.35. The van der Waals surface area contributed by atoms with Crippen molar-refractivity contribution in [3.8, 4) is 0 Å². The van der Waals surface area contributed by atoms with Gasteiger partial charge in [0.2, 0.25) is 0 Å². The number of nitrogens with one attached hydrogen (secondary N) is 2. The molecule has 9 heteroatoms. The highest BCUT2D eigenvalue weighted by Crippen LogP contribution is 2.26. The summed E-state index contributed by atoms with van der Waals surface area (Å²) in [6.45, 7) is 8.64. The minimum absolute atomic E-state index is 0. The third kappa shape index (κ3) is 8.97. The lowest BCUT2D eigenvalue weighted by Gasteiger charge is -2.31. The highest BCUT2D eigenvalue weighted by atomic mass is 127. The first-order valence-corrected chi connectivity index (χ1v) is 11.2. The Kier molecular flexibility index (Phi) is 13.3. The Balaban J connectivity index is 0.00000676. The molecule has 0 fully saturated rings. The summed E-state index contributed by atoms with van der Waals surface area (Å²) in [5, 5.41) is 7.10. The van der Waals surface area contributed by atoms with Gasteiger partial charge in [-0.15, -0.1) is 24.0 Å². The number of benzene rings is 1. The van der Waals surface area contributed by atoms with Gasteiger partial charge in [0.1, 0.15) is 0 Å². The molecular weight excluding hydrogens is 499 g/mol. The molecule has 1 unspecified atom stereocenters. The number of aliphatic imine (C=N–C) groups is 1. The van der Waals surface area contributed by atoms with E-state index in [1.165, 1.54) is 0 Å². The molecule has 0 aliphatic heterocycles. The lowest BCUT2D eigenvalue weighted by Crippen LogP contribution is -2.44. The molecule has 0 aliphatic rings. The predicted octanol–water partition coefficient (Wildman–Crippen LogP) is 2.94. The molecule has 0 saturated carbocycles. The summed E-state index contributed by atoms with van der Waals surface area (Å²) in [7, 11) is -1.32. The van der Waals surface area contributed by atoms with Crippen LogP contribution in [0, 0.1) is 0 Å². The van der Waals surface area contributed by atoms with Crippen molar-refractivity contribution in [1.82, 2.24) is 15.5 Å². The monoisotopic (exact) mass is 530 g/mol. The number of likely N-dealkylation sites (N-methyl/N-ethyl adjacent to an activating group) is 1. The van der Waals surface area contributed by atoms with Crippen molar-refractivity contribution >= 4 is 51.4 Å². The van der Waals surface area contributed by atoms with Gasteiger partial charge in [-0.1, -0.05) is 50.6 Å². The zero-order chi connectivity index (χ0) is 19.6. The third-order valence-corrected chi connectivity index (χ3v) is 6.40. The van der Waals surface area contributed by atoms with E-state index in [1.807, 2.05) is 24.3 Å². The second-order valence-electron chi connectivity index (χ2n) is 5.87. The minimum Gasteiger partial charge on any atom is -0.355 e. The summed E-state index contributed by atoms with van der Waals surface area (Å²) >= 11 is 6.41. The molecular formula is C18H32ClIN4O2S. The van der Waals surface area contributed by atoms with E-state index in [0.717, 1.165) is 23.7 Å². The lowest BCUT2D eigenvalue weighted by molar-refractivity contribution is 0.219. The Hall–Kier alpha value is -0.580. The zero-order valence-corrected chi connectivity index (χ0v) is 20.4. The summed E-state index contributed by atoms with van der Waals surface area (Å²) in [6, 6.07) is 7.94. The van der Waals surface area contributed by atoms with Crippen LogP contribution in [0.3, 0.4) is 0 Å². The van der Waals surface area contributed by atoms with Crippen LogP contribution in [0.15, 0.2) is 29.3 Å². The van der Waals surface area contributed by atoms with Gasteiger partial charge in [0.15, 0.2) is 15.8 Å². The molecule has 1 atom stereocenters. The van der Waals surface area contributed by atoms with Crippen molar-refractivity contribution in [2.24, 2.45) is 4.99 Å². The van der Waals surface area contributed by atoms with Crippen LogP contribution < -0.4 is 10.6 Å². The van der Waals surface area contributed by atoms with Gasteiger partial charge < -0.3 is 10.6 Å². The van der Waals surface area contributed by atoms with E-state index in [1.54, 1.807) is 14.0 Å². The van der Waals surface area contributed by atoms with Crippen molar-refractivity contribution in [1.29, 1.82) is 0 Å². The van der Waals surface area contributed by atoms with Crippen molar-refractivity contribution in [3.05, 3.63) is 34.9 Å². The summed E-state index contributed by atoms with van der Waals surface area (Å²) in [5.74, 6) is 0.825. The van der Waals surface area contributed by atoms with E-state index in [0.29, 0.717) is 19.0 Å². The maximum absolute atomic E-state index is 11.6. The second kappa shape index (κ2) is 13.6. The molecule has 0 amide bonds. The number of nitrogens with zero attached hydrogens (tertiary/aromatic N) is 2. The number of hydrogen-bond donors (Lipinski definition) is 2. The van der Waals surface area contributed by atoms with Crippen molar-refractivity contribution < 1.29 is 8.42 Å². The van der Waals surface area contributed by atoms with Gasteiger partial charge in [-0.2, -0.15) is 0 Å². The number of halogens is 2. The fourth-order valence-electron chi connectivity index (χ4n) is 2.73. The first-order chi connectivity index (χ1) is 12.4. The van der Waals surface area contributed by atoms with E-state index >= 15 is 0 Å². The van der Waals surface area contributed by atoms with Crippen molar-refractivity contribution in [2.75, 3.05) is 44.7 Å². The first-order valence-electron chi connectivity index (χ1n) is 9.01. The van der Waals surface area contributed by atoms with Crippen LogP contribution in [-0.2, 0) is 9.84 Å². The van der Waals surface area contributed by atoms with Crippen LogP contribution in [0.5, 0.6) is 0 Å². The Morgan fingerprint density at radius 1 is 1.19 bits per heavy atom. The van der Waals surface area contributed by atoms with Gasteiger partial charge in [-0.3, -0.25) is 9.89 Å². The molecule has 0 radical (unpaired) electrons. The van der Waals surface area contributed by atoms with Crippen LogP contribution in [0.4, 0.5) is 0 Å². The largest absolute Gasteiger partial charge is 0.355 e. The standard InChI is InChI=1S/C18H31ClN4O2S.HI/c1-5-23(6-2)17(15-10-8-9-11-16(15)19)14-22-18(20-4)21-12-13-26(24,25)7-3;/h8-11,17H,5-7,12-14H2,1-4H3,(H2,20,21,22);1H. The highest BCUT2D eigenvalue weighted by Gasteiger charge is 2.20. The van der Waals surface area contributed by atoms with Gasteiger partial charge in [-0.05, 0) is 24.7 Å². The number of sulfone groups is 1. The van der Waals surface area contributed by atoms with Gasteiger partial charge in [0, 0.05) is 30.9 Å². The van der Waals surface area contributed by atoms with Gasteiger partial charge in [0.05, 0.1) is 11.8 Å². The molecule has 2 N–H and O–H groups in total. The Morgan fingerprint density at radius 3 is 2.33 bits per heavy atom. The van der Waals surface area contributed by atoms with E-state index in [9.17, 15) is 8.42 Å². The molecule has 0 saturated heterocycles. The Labute approximate surface area is 186 Å². The van der Waals surface area contributed by atoms with Crippen molar-refractivity contribution in [2.45, 2.75) is 26.8 Å². The van der Waals surface area contributed by atoms with Gasteiger partial charge in [-0.25, -0.2) is 8.42 Å². The van der Waals surface area contributed by atoms with E-state index in [2.05, 4.69) is 34.4 Å². The quantitative estimate of drug-likeness (QED) is 0.276. The van der Waals surface area contributed by atoms with Gasteiger partial charge in [0.25, 0.3) is 0 Å². The summed E-state index contributed by atoms with van der Waals surface area (Å²) in [4.78, 5) is 6.50. The molecule has 1 aromatic carbocycles. The number of rotatable bonds is 10. The van der Waals surface area contributed by atoms with Crippen LogP contribution in [0.25, 0.3) is 0 Å². The molecule has 1 aromatic rings. The van der Waals surface area contributed by atoms with Crippen LogP contribution in [-0.4, -0.2) is 64.0 Å². The molecule has 0 heterocycles. The van der Waals surface area contributed by atoms with E-state index < -0.39 is 9.84 Å². The predicted molar refractivity (Wildman–Crippen MR) is 126 cm³/mol. The summed E-state index contributed by atoms with van der Waals surface area (Å²) in [5.41, 5.74) is 1.06. The van der Waals surface area contributed by atoms with Gasteiger partial charge >= 0.3 is 0 Å². The van der Waals surface area contributed by atoms with E-state index in [-0.39, 0.29) is 41.5 Å². The summed E-state index contributed by atoms with van der Waals surface area (Å²) in [6.07, 6.45) is 0. The fraction of sp³-hybridized carbons (Fsp3) is 0.611. The Morgan fingerprint density at radius 2 is 1.81 bits per heavy atom. The molecule has 0 spiro atoms. The molecule has 27 heavy (non-hydrogen) atoms. The van der Waals surface area contributed by atoms with Crippen LogP contribution >= 0.6 is 35.6 Å². The topological polar surface area (TPSA) is 73.8 Å². The Bertz CT molecular complexity index is 682. The highest BCUT2D eigenvalue weighted by molar-refractivity contribution is 14.0. The maximum Gasteiger partial charge on any atom is 0.191 e. The average molecular weight is 531 g/mol. The molecule has 6 nitrogen and oxygen atoms in total. The molecule has 0 aromatic heterocycles. The smallest absolute Gasteiger partial charge is 0.191 e. The summed E-state index contributed by atoms with van der Waals surface area (Å²) < 4.78 is 23.2. The second-order valence-corrected chi connectivity index (χ2v) is 8.75. The molecule has 1 rings (SSSR count). The lowest BCUT2D eigenvalue weighted by atomic mass is 10.0. The normalized spacial score (nSPS) is 13.2. The van der Waals surface area contributed by atoms with Crippen molar-refractivity contribution in [3.63, 3.8) is 0 Å². The first kappa shape index (κ1) is 26.4. The minimum atomic E-state index is -3.00. The molecule has 0 aliphatic carbocycles. The fourth-order valence-corrected chi connectivity index (χ4v) is 3.69. The molecule has 0 bridgehead atoms. The van der Waals surface area contributed by atoms with E-state index in [4.69, 9.17) is 11.6 Å². The number of hydrogen-bond acceptors (Lipinski definition) is 4. The maximum atomic E-state index is 11.6.